The van der Waals surface area contributed by atoms with E-state index in [2.05, 4.69) is 0 Å². The zero-order valence-corrected chi connectivity index (χ0v) is 19.1. The number of fused-ring (bicyclic) bond motifs is 1. The fourth-order valence-electron chi connectivity index (χ4n) is 2.78. The number of ether oxygens (including phenoxy) is 6. The Labute approximate surface area is 193 Å². The molecule has 3 rings (SSSR count). The first-order valence-corrected chi connectivity index (χ1v) is 11.0. The van der Waals surface area contributed by atoms with Crippen molar-refractivity contribution in [2.75, 3.05) is 19.8 Å². The average Bonchev–Trinajstić information content (AvgIpc) is 3.19. The summed E-state index contributed by atoms with van der Waals surface area (Å²) in [4.78, 5) is 36.0. The van der Waals surface area contributed by atoms with Crippen molar-refractivity contribution in [2.24, 2.45) is 0 Å². The summed E-state index contributed by atoms with van der Waals surface area (Å²) < 4.78 is 30.7. The summed E-state index contributed by atoms with van der Waals surface area (Å²) >= 11 is 1.39. The first kappa shape index (κ1) is 23.9. The van der Waals surface area contributed by atoms with E-state index in [1.807, 2.05) is 6.07 Å². The molecule has 1 heterocycles. The third-order valence-electron chi connectivity index (χ3n) is 4.09. The summed E-state index contributed by atoms with van der Waals surface area (Å²) in [5, 5.41) is 0.631. The van der Waals surface area contributed by atoms with E-state index in [0.717, 1.165) is 10.4 Å². The predicted octanol–water partition coefficient (Wildman–Crippen LogP) is 6.17. The molecular weight excluding hydrogens is 452 g/mol. The van der Waals surface area contributed by atoms with Crippen LogP contribution in [-0.2, 0) is 14.2 Å². The molecule has 0 bridgehead atoms. The highest BCUT2D eigenvalue weighted by Crippen LogP contribution is 2.41. The molecule has 0 atom stereocenters. The van der Waals surface area contributed by atoms with Gasteiger partial charge in [0.1, 0.15) is 17.2 Å². The van der Waals surface area contributed by atoms with Crippen LogP contribution in [0.4, 0.5) is 14.4 Å². The number of hydrogen-bond donors (Lipinski definition) is 0. The fraction of sp³-hybridized carbons (Fsp3) is 0.261. The van der Waals surface area contributed by atoms with Gasteiger partial charge < -0.3 is 28.4 Å². The maximum atomic E-state index is 11.9. The van der Waals surface area contributed by atoms with E-state index in [1.165, 1.54) is 17.4 Å². The van der Waals surface area contributed by atoms with Crippen molar-refractivity contribution in [3.8, 4) is 27.7 Å². The molecule has 0 fully saturated rings. The van der Waals surface area contributed by atoms with Gasteiger partial charge in [0.2, 0.25) is 0 Å². The van der Waals surface area contributed by atoms with Gasteiger partial charge in [-0.25, -0.2) is 14.4 Å². The van der Waals surface area contributed by atoms with E-state index in [0.29, 0.717) is 15.8 Å². The second-order valence-corrected chi connectivity index (χ2v) is 7.41. The average molecular weight is 474 g/mol. The van der Waals surface area contributed by atoms with Gasteiger partial charge in [-0.05, 0) is 62.7 Å². The van der Waals surface area contributed by atoms with Gasteiger partial charge in [0.15, 0.2) is 0 Å². The number of carbonyl (C=O) groups is 3. The van der Waals surface area contributed by atoms with Crippen LogP contribution >= 0.6 is 11.3 Å². The van der Waals surface area contributed by atoms with Crippen LogP contribution in [0.2, 0.25) is 0 Å². The molecule has 0 aliphatic carbocycles. The van der Waals surface area contributed by atoms with Gasteiger partial charge in [0.25, 0.3) is 0 Å². The van der Waals surface area contributed by atoms with Crippen molar-refractivity contribution in [2.45, 2.75) is 20.8 Å². The molecule has 3 aromatic rings. The lowest BCUT2D eigenvalue weighted by atomic mass is 10.1. The Morgan fingerprint density at radius 1 is 0.697 bits per heavy atom. The van der Waals surface area contributed by atoms with Gasteiger partial charge in [-0.15, -0.1) is 11.3 Å². The van der Waals surface area contributed by atoms with Gasteiger partial charge in [-0.2, -0.15) is 0 Å². The van der Waals surface area contributed by atoms with Gasteiger partial charge >= 0.3 is 18.5 Å². The van der Waals surface area contributed by atoms with E-state index >= 15 is 0 Å². The Morgan fingerprint density at radius 3 is 1.82 bits per heavy atom. The first-order chi connectivity index (χ1) is 15.9. The van der Waals surface area contributed by atoms with Crippen LogP contribution in [0.1, 0.15) is 20.8 Å². The molecule has 2 aromatic carbocycles. The molecule has 0 amide bonds. The minimum absolute atomic E-state index is 0.149. The van der Waals surface area contributed by atoms with Gasteiger partial charge in [0, 0.05) is 21.0 Å². The second kappa shape index (κ2) is 11.2. The fourth-order valence-corrected chi connectivity index (χ4v) is 3.89. The van der Waals surface area contributed by atoms with E-state index in [4.69, 9.17) is 28.4 Å². The molecule has 0 radical (unpaired) electrons. The molecule has 0 N–H and O–H groups in total. The molecule has 33 heavy (non-hydrogen) atoms. The number of carbonyl (C=O) groups excluding carboxylic acids is 3. The zero-order valence-electron chi connectivity index (χ0n) is 18.2. The van der Waals surface area contributed by atoms with Crippen LogP contribution < -0.4 is 14.2 Å². The van der Waals surface area contributed by atoms with E-state index in [9.17, 15) is 14.4 Å². The summed E-state index contributed by atoms with van der Waals surface area (Å²) in [5.74, 6) is 0.677. The largest absolute Gasteiger partial charge is 0.513 e. The van der Waals surface area contributed by atoms with E-state index in [-0.39, 0.29) is 31.3 Å². The normalized spacial score (nSPS) is 10.4. The van der Waals surface area contributed by atoms with Crippen LogP contribution in [0, 0.1) is 0 Å². The highest BCUT2D eigenvalue weighted by Gasteiger charge is 2.17. The van der Waals surface area contributed by atoms with Crippen molar-refractivity contribution in [1.82, 2.24) is 0 Å². The Hall–Kier alpha value is -3.79. The quantitative estimate of drug-likeness (QED) is 0.225. The molecular formula is C23H22O9S. The maximum Gasteiger partial charge on any atom is 0.513 e. The molecule has 9 nitrogen and oxygen atoms in total. The molecule has 1 aromatic heterocycles. The SMILES string of the molecule is CCOC(=O)Oc1ccc(-c2cc3c(OC(=O)OCC)cc(OC(=O)OCC)cc3s2)cc1. The second-order valence-electron chi connectivity index (χ2n) is 6.32. The van der Waals surface area contributed by atoms with Crippen molar-refractivity contribution in [3.05, 3.63) is 42.5 Å². The van der Waals surface area contributed by atoms with Crippen molar-refractivity contribution < 1.29 is 42.8 Å². The molecule has 0 spiro atoms. The maximum absolute atomic E-state index is 11.9. The smallest absolute Gasteiger partial charge is 0.434 e. The monoisotopic (exact) mass is 474 g/mol. The Balaban J connectivity index is 1.93. The summed E-state index contributed by atoms with van der Waals surface area (Å²) in [6.07, 6.45) is -2.52. The predicted molar refractivity (Wildman–Crippen MR) is 120 cm³/mol. The third-order valence-corrected chi connectivity index (χ3v) is 5.23. The highest BCUT2D eigenvalue weighted by atomic mass is 32.1. The number of rotatable bonds is 7. The summed E-state index contributed by atoms with van der Waals surface area (Å²) in [7, 11) is 0. The summed E-state index contributed by atoms with van der Waals surface area (Å²) in [5.41, 5.74) is 0.836. The zero-order chi connectivity index (χ0) is 23.8. The molecule has 0 aliphatic rings. The number of hydrogen-bond acceptors (Lipinski definition) is 10. The van der Waals surface area contributed by atoms with E-state index in [1.54, 1.807) is 51.1 Å². The van der Waals surface area contributed by atoms with Crippen molar-refractivity contribution in [1.29, 1.82) is 0 Å². The topological polar surface area (TPSA) is 107 Å². The Kier molecular flexibility index (Phi) is 8.09. The van der Waals surface area contributed by atoms with Gasteiger partial charge in [0.05, 0.1) is 19.8 Å². The number of benzene rings is 2. The van der Waals surface area contributed by atoms with E-state index < -0.39 is 18.5 Å². The third kappa shape index (κ3) is 6.36. The van der Waals surface area contributed by atoms with Gasteiger partial charge in [-0.3, -0.25) is 0 Å². The lowest BCUT2D eigenvalue weighted by Crippen LogP contribution is -2.12. The van der Waals surface area contributed by atoms with Crippen LogP contribution in [0.25, 0.3) is 20.5 Å². The molecule has 0 unspecified atom stereocenters. The van der Waals surface area contributed by atoms with Crippen LogP contribution in [0.15, 0.2) is 42.5 Å². The van der Waals surface area contributed by atoms with Crippen LogP contribution in [0.5, 0.6) is 17.2 Å². The first-order valence-electron chi connectivity index (χ1n) is 10.1. The highest BCUT2D eigenvalue weighted by molar-refractivity contribution is 7.22. The molecule has 0 aliphatic heterocycles. The van der Waals surface area contributed by atoms with Gasteiger partial charge in [-0.1, -0.05) is 0 Å². The van der Waals surface area contributed by atoms with Crippen LogP contribution in [0.3, 0.4) is 0 Å². The number of thiophene rings is 1. The van der Waals surface area contributed by atoms with Crippen molar-refractivity contribution >= 4 is 39.9 Å². The summed E-state index contributed by atoms with van der Waals surface area (Å²) in [6.45, 7) is 5.54. The van der Waals surface area contributed by atoms with Crippen LogP contribution in [-0.4, -0.2) is 38.3 Å². The minimum Gasteiger partial charge on any atom is -0.434 e. The molecule has 174 valence electrons. The van der Waals surface area contributed by atoms with Crippen molar-refractivity contribution in [3.63, 3.8) is 0 Å². The lowest BCUT2D eigenvalue weighted by molar-refractivity contribution is 0.102. The lowest BCUT2D eigenvalue weighted by Gasteiger charge is -2.08. The molecule has 0 saturated carbocycles. The summed E-state index contributed by atoms with van der Waals surface area (Å²) in [6, 6.07) is 11.7. The standard InChI is InChI=1S/C23H22O9S/c1-4-27-21(24)30-15-9-7-14(8-10-15)19-13-17-18(32-23(26)29-6-3)11-16(12-20(17)33-19)31-22(25)28-5-2/h7-13H,4-6H2,1-3H3. The Morgan fingerprint density at radius 2 is 1.24 bits per heavy atom. The minimum atomic E-state index is -0.875. The molecule has 10 heteroatoms. The molecule has 0 saturated heterocycles. The Bertz CT molecular complexity index is 1130.